The van der Waals surface area contributed by atoms with Crippen molar-refractivity contribution in [3.8, 4) is 0 Å². The largest absolute Gasteiger partial charge is 0.350 e. The third-order valence-electron chi connectivity index (χ3n) is 4.79. The number of aryl methyl sites for hydroxylation is 2. The van der Waals surface area contributed by atoms with Gasteiger partial charge in [-0.2, -0.15) is 0 Å². The molecule has 0 aliphatic rings. The van der Waals surface area contributed by atoms with E-state index in [4.69, 9.17) is 11.6 Å². The molecule has 0 unspecified atom stereocenters. The van der Waals surface area contributed by atoms with Crippen LogP contribution in [0, 0.1) is 19.3 Å². The van der Waals surface area contributed by atoms with Gasteiger partial charge in [0.25, 0.3) is 10.0 Å². The highest BCUT2D eigenvalue weighted by Gasteiger charge is 2.32. The van der Waals surface area contributed by atoms with Crippen molar-refractivity contribution < 1.29 is 13.2 Å². The van der Waals surface area contributed by atoms with Gasteiger partial charge in [0, 0.05) is 10.6 Å². The molecule has 0 heterocycles. The number of hydrogen-bond acceptors (Lipinski definition) is 3. The summed E-state index contributed by atoms with van der Waals surface area (Å²) in [5, 5.41) is 3.40. The van der Waals surface area contributed by atoms with Gasteiger partial charge in [-0.3, -0.25) is 9.10 Å². The maximum absolute atomic E-state index is 13.5. The quantitative estimate of drug-likeness (QED) is 0.589. The fourth-order valence-corrected chi connectivity index (χ4v) is 5.55. The minimum absolute atomic E-state index is 0.00792. The van der Waals surface area contributed by atoms with Gasteiger partial charge in [-0.15, -0.1) is 0 Å². The Balaban J connectivity index is 2.45. The average Bonchev–Trinajstić information content (AvgIpc) is 2.59. The Hall–Kier alpha value is -2.05. The van der Waals surface area contributed by atoms with Crippen LogP contribution in [0.25, 0.3) is 0 Å². The molecule has 0 aromatic heterocycles. The Bertz CT molecular complexity index is 1040. The SMILES string of the molecule is Cc1ccc(S(=O)(=O)N(CC(=O)NC(C)(C)CC(C)(C)C)c2cc(Cl)ccc2C)cc1. The molecule has 0 aliphatic carbocycles. The number of halogens is 1. The first kappa shape index (κ1) is 25.2. The van der Waals surface area contributed by atoms with Crippen molar-refractivity contribution in [3.05, 3.63) is 58.6 Å². The van der Waals surface area contributed by atoms with Gasteiger partial charge in [-0.05, 0) is 69.4 Å². The maximum Gasteiger partial charge on any atom is 0.264 e. The Kier molecular flexibility index (Phi) is 7.49. The van der Waals surface area contributed by atoms with Crippen LogP contribution in [0.15, 0.2) is 47.4 Å². The third kappa shape index (κ3) is 6.97. The maximum atomic E-state index is 13.5. The van der Waals surface area contributed by atoms with E-state index in [1.54, 1.807) is 49.4 Å². The first-order chi connectivity index (χ1) is 14.1. The minimum atomic E-state index is -3.98. The molecule has 0 atom stereocenters. The Morgan fingerprint density at radius 3 is 2.13 bits per heavy atom. The number of hydrogen-bond donors (Lipinski definition) is 1. The molecule has 0 aliphatic heterocycles. The summed E-state index contributed by atoms with van der Waals surface area (Å²) in [5.41, 5.74) is 1.57. The summed E-state index contributed by atoms with van der Waals surface area (Å²) in [4.78, 5) is 13.1. The number of rotatable bonds is 7. The molecule has 1 N–H and O–H groups in total. The van der Waals surface area contributed by atoms with E-state index in [2.05, 4.69) is 26.1 Å². The topological polar surface area (TPSA) is 66.5 Å². The molecule has 170 valence electrons. The van der Waals surface area contributed by atoms with Crippen LogP contribution in [0.5, 0.6) is 0 Å². The van der Waals surface area contributed by atoms with Crippen molar-refractivity contribution in [2.75, 3.05) is 10.8 Å². The van der Waals surface area contributed by atoms with Crippen LogP contribution in [0.4, 0.5) is 5.69 Å². The first-order valence-corrected chi connectivity index (χ1v) is 12.1. The van der Waals surface area contributed by atoms with Crippen molar-refractivity contribution in [2.45, 2.75) is 65.3 Å². The number of amides is 1. The highest BCUT2D eigenvalue weighted by atomic mass is 35.5. The summed E-state index contributed by atoms with van der Waals surface area (Å²) in [6.07, 6.45) is 0.743. The summed E-state index contributed by atoms with van der Waals surface area (Å²) in [7, 11) is -3.98. The minimum Gasteiger partial charge on any atom is -0.350 e. The first-order valence-electron chi connectivity index (χ1n) is 10.3. The second kappa shape index (κ2) is 9.21. The highest BCUT2D eigenvalue weighted by molar-refractivity contribution is 7.92. The van der Waals surface area contributed by atoms with Crippen LogP contribution < -0.4 is 9.62 Å². The van der Waals surface area contributed by atoms with Crippen molar-refractivity contribution in [3.63, 3.8) is 0 Å². The number of anilines is 1. The number of nitrogens with zero attached hydrogens (tertiary/aromatic N) is 1. The fraction of sp³-hybridized carbons (Fsp3) is 0.458. The zero-order chi connectivity index (χ0) is 23.6. The third-order valence-corrected chi connectivity index (χ3v) is 6.80. The lowest BCUT2D eigenvalue weighted by atomic mass is 9.82. The molecule has 31 heavy (non-hydrogen) atoms. The molecule has 7 heteroatoms. The fourth-order valence-electron chi connectivity index (χ4n) is 3.91. The van der Waals surface area contributed by atoms with Gasteiger partial charge in [0.15, 0.2) is 0 Å². The number of carbonyl (C=O) groups excluding carboxylic acids is 1. The van der Waals surface area contributed by atoms with Crippen LogP contribution in [-0.4, -0.2) is 26.4 Å². The second-order valence-electron chi connectivity index (χ2n) is 9.93. The van der Waals surface area contributed by atoms with E-state index >= 15 is 0 Å². The van der Waals surface area contributed by atoms with E-state index in [1.165, 1.54) is 0 Å². The molecular weight excluding hydrogens is 432 g/mol. The predicted molar refractivity (Wildman–Crippen MR) is 128 cm³/mol. The van der Waals surface area contributed by atoms with E-state index in [0.29, 0.717) is 16.3 Å². The normalized spacial score (nSPS) is 12.5. The molecule has 0 saturated heterocycles. The van der Waals surface area contributed by atoms with E-state index in [1.807, 2.05) is 20.8 Å². The summed E-state index contributed by atoms with van der Waals surface area (Å²) in [6.45, 7) is 13.5. The van der Waals surface area contributed by atoms with E-state index < -0.39 is 15.6 Å². The summed E-state index contributed by atoms with van der Waals surface area (Å²) in [5.74, 6) is -0.371. The van der Waals surface area contributed by atoms with Crippen LogP contribution in [0.2, 0.25) is 5.02 Å². The smallest absolute Gasteiger partial charge is 0.264 e. The molecule has 2 rings (SSSR count). The van der Waals surface area contributed by atoms with Crippen LogP contribution in [0.1, 0.15) is 52.2 Å². The molecule has 5 nitrogen and oxygen atoms in total. The molecule has 0 fully saturated rings. The zero-order valence-electron chi connectivity index (χ0n) is 19.4. The Morgan fingerprint density at radius 1 is 1.00 bits per heavy atom. The van der Waals surface area contributed by atoms with Gasteiger partial charge < -0.3 is 5.32 Å². The summed E-state index contributed by atoms with van der Waals surface area (Å²) < 4.78 is 28.2. The summed E-state index contributed by atoms with van der Waals surface area (Å²) in [6, 6.07) is 11.6. The van der Waals surface area contributed by atoms with Gasteiger partial charge in [0.05, 0.1) is 10.6 Å². The standard InChI is InChI=1S/C24H33ClN2O3S/c1-17-8-12-20(13-9-17)31(29,30)27(21-14-19(25)11-10-18(21)2)15-22(28)26-24(6,7)16-23(3,4)5/h8-14H,15-16H2,1-7H3,(H,26,28). The molecule has 0 spiro atoms. The molecule has 0 saturated carbocycles. The second-order valence-corrected chi connectivity index (χ2v) is 12.2. The molecule has 2 aromatic rings. The molecule has 0 radical (unpaired) electrons. The Morgan fingerprint density at radius 2 is 1.58 bits per heavy atom. The van der Waals surface area contributed by atoms with E-state index in [-0.39, 0.29) is 22.8 Å². The lowest BCUT2D eigenvalue weighted by Gasteiger charge is -2.34. The van der Waals surface area contributed by atoms with Crippen molar-refractivity contribution in [1.29, 1.82) is 0 Å². The number of sulfonamides is 1. The van der Waals surface area contributed by atoms with Gasteiger partial charge in [0.1, 0.15) is 6.54 Å². The van der Waals surface area contributed by atoms with Gasteiger partial charge in [-0.1, -0.05) is 56.1 Å². The molecular formula is C24H33ClN2O3S. The zero-order valence-corrected chi connectivity index (χ0v) is 21.0. The predicted octanol–water partition coefficient (Wildman–Crippen LogP) is 5.48. The van der Waals surface area contributed by atoms with E-state index in [0.717, 1.165) is 16.3 Å². The van der Waals surface area contributed by atoms with Crippen molar-refractivity contribution >= 4 is 33.2 Å². The van der Waals surface area contributed by atoms with Crippen molar-refractivity contribution in [2.24, 2.45) is 5.41 Å². The number of carbonyl (C=O) groups is 1. The average molecular weight is 465 g/mol. The number of nitrogens with one attached hydrogen (secondary N) is 1. The number of benzene rings is 2. The summed E-state index contributed by atoms with van der Waals surface area (Å²) >= 11 is 6.17. The highest BCUT2D eigenvalue weighted by Crippen LogP contribution is 2.30. The van der Waals surface area contributed by atoms with Crippen molar-refractivity contribution in [1.82, 2.24) is 5.32 Å². The monoisotopic (exact) mass is 464 g/mol. The lowest BCUT2D eigenvalue weighted by Crippen LogP contribution is -2.50. The van der Waals surface area contributed by atoms with Crippen LogP contribution in [0.3, 0.4) is 0 Å². The lowest BCUT2D eigenvalue weighted by molar-refractivity contribution is -0.121. The van der Waals surface area contributed by atoms with Crippen LogP contribution >= 0.6 is 11.6 Å². The van der Waals surface area contributed by atoms with Crippen LogP contribution in [-0.2, 0) is 14.8 Å². The Labute approximate surface area is 191 Å². The molecule has 1 amide bonds. The van der Waals surface area contributed by atoms with Gasteiger partial charge in [-0.25, -0.2) is 8.42 Å². The molecule has 2 aromatic carbocycles. The van der Waals surface area contributed by atoms with Gasteiger partial charge in [0.2, 0.25) is 5.91 Å². The van der Waals surface area contributed by atoms with E-state index in [9.17, 15) is 13.2 Å². The van der Waals surface area contributed by atoms with Gasteiger partial charge >= 0.3 is 0 Å². The molecule has 0 bridgehead atoms.